The van der Waals surface area contributed by atoms with E-state index in [9.17, 15) is 24.3 Å². The second-order valence-electron chi connectivity index (χ2n) is 13.8. The molecule has 1 saturated heterocycles. The number of carboxylic acids is 1. The number of ether oxygens (including phenoxy) is 5. The topological polar surface area (TPSA) is 195 Å². The molecule has 16 heteroatoms. The number of carbonyl (C=O) groups excluding carboxylic acids is 3. The van der Waals surface area contributed by atoms with E-state index in [0.29, 0.717) is 46.2 Å². The molecule has 4 N–H and O–H groups in total. The molecule has 53 heavy (non-hydrogen) atoms. The zero-order chi connectivity index (χ0) is 38.8. The number of likely N-dealkylation sites (tertiary alicyclic amines) is 1. The third-order valence-electron chi connectivity index (χ3n) is 8.48. The summed E-state index contributed by atoms with van der Waals surface area (Å²) in [6, 6.07) is 5.76. The van der Waals surface area contributed by atoms with Crippen LogP contribution in [-0.4, -0.2) is 135 Å². The van der Waals surface area contributed by atoms with Crippen LogP contribution < -0.4 is 10.6 Å². The average Bonchev–Trinajstić information content (AvgIpc) is 3.72. The van der Waals surface area contributed by atoms with Gasteiger partial charge in [0.05, 0.1) is 101 Å². The number of aromatic nitrogens is 1. The second-order valence-corrected chi connectivity index (χ2v) is 14.7. The van der Waals surface area contributed by atoms with E-state index in [1.807, 2.05) is 64.4 Å². The molecule has 4 unspecified atom stereocenters. The fourth-order valence-electron chi connectivity index (χ4n) is 5.55. The Bertz CT molecular complexity index is 1430. The molecule has 1 fully saturated rings. The van der Waals surface area contributed by atoms with Crippen LogP contribution in [-0.2, 0) is 42.9 Å². The summed E-state index contributed by atoms with van der Waals surface area (Å²) in [5.41, 5.74) is 4.05. The normalized spacial score (nSPS) is 17.1. The molecule has 3 rings (SSSR count). The highest BCUT2D eigenvalue weighted by atomic mass is 32.1. The van der Waals surface area contributed by atoms with Crippen molar-refractivity contribution in [3.8, 4) is 10.4 Å². The number of benzene rings is 1. The number of nitrogens with one attached hydrogen (secondary N) is 2. The van der Waals surface area contributed by atoms with Gasteiger partial charge in [0.25, 0.3) is 0 Å². The van der Waals surface area contributed by atoms with Crippen molar-refractivity contribution in [3.63, 3.8) is 0 Å². The largest absolute Gasteiger partial charge is 0.481 e. The smallest absolute Gasteiger partial charge is 0.305 e. The summed E-state index contributed by atoms with van der Waals surface area (Å²) in [6.45, 7) is 12.4. The molecule has 1 aliphatic heterocycles. The van der Waals surface area contributed by atoms with Crippen LogP contribution in [0, 0.1) is 12.3 Å². The first-order valence-corrected chi connectivity index (χ1v) is 18.8. The number of carboxylic acid groups (broad SMARTS) is 1. The van der Waals surface area contributed by atoms with Gasteiger partial charge in [0, 0.05) is 19.4 Å². The number of aliphatic carboxylic acids is 1. The van der Waals surface area contributed by atoms with Gasteiger partial charge in [-0.05, 0) is 30.4 Å². The van der Waals surface area contributed by atoms with Gasteiger partial charge in [-0.2, -0.15) is 0 Å². The average molecular weight is 765 g/mol. The van der Waals surface area contributed by atoms with Crippen LogP contribution in [0.4, 0.5) is 0 Å². The van der Waals surface area contributed by atoms with Crippen LogP contribution in [0.25, 0.3) is 10.4 Å². The molecule has 2 heterocycles. The number of aliphatic hydroxyl groups is 1. The molecular formula is C37H56N4O11S. The van der Waals surface area contributed by atoms with Crippen LogP contribution >= 0.6 is 11.3 Å². The Labute approximate surface area is 315 Å². The highest BCUT2D eigenvalue weighted by molar-refractivity contribution is 7.13. The molecule has 4 atom stereocenters. The maximum Gasteiger partial charge on any atom is 0.305 e. The number of β-amino-alcohol motifs (C(OH)–C–C–N with tert-alkyl or cyclic N) is 1. The first-order chi connectivity index (χ1) is 25.3. The summed E-state index contributed by atoms with van der Waals surface area (Å²) < 4.78 is 26.9. The van der Waals surface area contributed by atoms with E-state index in [1.165, 1.54) is 4.90 Å². The van der Waals surface area contributed by atoms with Crippen molar-refractivity contribution in [1.82, 2.24) is 20.5 Å². The Kier molecular flexibility index (Phi) is 18.8. The van der Waals surface area contributed by atoms with E-state index in [0.717, 1.165) is 21.7 Å². The highest BCUT2D eigenvalue weighted by Crippen LogP contribution is 2.29. The lowest BCUT2D eigenvalue weighted by molar-refractivity contribution is -0.144. The number of hydrogen-bond donors (Lipinski definition) is 4. The number of nitrogens with zero attached hydrogens (tertiary/aromatic N) is 2. The van der Waals surface area contributed by atoms with Crippen molar-refractivity contribution >= 4 is 35.0 Å². The Balaban J connectivity index is 1.35. The third kappa shape index (κ3) is 15.4. The fourth-order valence-corrected chi connectivity index (χ4v) is 6.37. The third-order valence-corrected chi connectivity index (χ3v) is 9.46. The minimum absolute atomic E-state index is 0.00835. The molecule has 1 aromatic heterocycles. The second kappa shape index (κ2) is 22.6. The highest BCUT2D eigenvalue weighted by Gasteiger charge is 2.44. The Morgan fingerprint density at radius 3 is 1.89 bits per heavy atom. The van der Waals surface area contributed by atoms with Crippen molar-refractivity contribution in [3.05, 3.63) is 41.0 Å². The molecular weight excluding hydrogens is 708 g/mol. The van der Waals surface area contributed by atoms with Gasteiger partial charge in [0.15, 0.2) is 0 Å². The van der Waals surface area contributed by atoms with Gasteiger partial charge in [-0.1, -0.05) is 45.0 Å². The van der Waals surface area contributed by atoms with Gasteiger partial charge in [-0.3, -0.25) is 19.2 Å². The summed E-state index contributed by atoms with van der Waals surface area (Å²) in [7, 11) is 0. The maximum absolute atomic E-state index is 13.9. The summed E-state index contributed by atoms with van der Waals surface area (Å²) >= 11 is 1.57. The van der Waals surface area contributed by atoms with Gasteiger partial charge in [0.1, 0.15) is 12.1 Å². The first-order valence-electron chi connectivity index (χ1n) is 18.0. The minimum Gasteiger partial charge on any atom is -0.481 e. The Morgan fingerprint density at radius 1 is 0.868 bits per heavy atom. The number of amides is 3. The van der Waals surface area contributed by atoms with Crippen LogP contribution in [0.2, 0.25) is 0 Å². The van der Waals surface area contributed by atoms with Crippen molar-refractivity contribution in [1.29, 1.82) is 0 Å². The molecule has 0 spiro atoms. The lowest BCUT2D eigenvalue weighted by Gasteiger charge is -2.35. The maximum atomic E-state index is 13.9. The van der Waals surface area contributed by atoms with Gasteiger partial charge in [0.2, 0.25) is 17.7 Å². The molecule has 296 valence electrons. The molecule has 15 nitrogen and oxygen atoms in total. The van der Waals surface area contributed by atoms with Crippen LogP contribution in [0.15, 0.2) is 29.8 Å². The van der Waals surface area contributed by atoms with Gasteiger partial charge >= 0.3 is 5.97 Å². The Hall–Kier alpha value is -3.51. The predicted octanol–water partition coefficient (Wildman–Crippen LogP) is 2.74. The molecule has 0 bridgehead atoms. The van der Waals surface area contributed by atoms with Gasteiger partial charge in [-0.25, -0.2) is 4.98 Å². The number of aliphatic hydroxyl groups excluding tert-OH is 1. The summed E-state index contributed by atoms with van der Waals surface area (Å²) in [6.07, 6.45) is -0.774. The van der Waals surface area contributed by atoms with Crippen molar-refractivity contribution in [2.45, 2.75) is 78.1 Å². The molecule has 0 radical (unpaired) electrons. The quantitative estimate of drug-likeness (QED) is 0.114. The molecule has 1 aromatic carbocycles. The summed E-state index contributed by atoms with van der Waals surface area (Å²) in [5.74, 6) is -2.06. The van der Waals surface area contributed by atoms with Crippen LogP contribution in [0.5, 0.6) is 0 Å². The Morgan fingerprint density at radius 2 is 1.40 bits per heavy atom. The predicted molar refractivity (Wildman–Crippen MR) is 197 cm³/mol. The van der Waals surface area contributed by atoms with E-state index in [2.05, 4.69) is 15.6 Å². The van der Waals surface area contributed by atoms with Crippen LogP contribution in [0.1, 0.15) is 64.3 Å². The van der Waals surface area contributed by atoms with Crippen molar-refractivity contribution in [2.75, 3.05) is 72.6 Å². The minimum atomic E-state index is -0.929. The summed E-state index contributed by atoms with van der Waals surface area (Å²) in [5, 5.41) is 24.9. The molecule has 3 amide bonds. The van der Waals surface area contributed by atoms with E-state index < -0.39 is 35.5 Å². The zero-order valence-corrected chi connectivity index (χ0v) is 32.3. The zero-order valence-electron chi connectivity index (χ0n) is 31.5. The number of rotatable bonds is 24. The van der Waals surface area contributed by atoms with Crippen LogP contribution in [0.3, 0.4) is 0 Å². The number of carbonyl (C=O) groups is 4. The standard InChI is InChI=1S/C37H56N4O11S/c1-25(27-6-8-28(9-7-27)33-26(2)38-24-53-33)39-35(46)30-22-29(42)23-41(30)36(47)34(37(3,4)5)40-31(43)10-12-48-14-16-50-18-20-52-21-19-51-17-15-49-13-11-32(44)45/h6-9,24-25,29-30,34,42H,10-23H2,1-5H3,(H,39,46)(H,40,43)(H,44,45). The van der Waals surface area contributed by atoms with Crippen molar-refractivity contribution in [2.24, 2.45) is 5.41 Å². The van der Waals surface area contributed by atoms with E-state index in [-0.39, 0.29) is 63.5 Å². The monoisotopic (exact) mass is 764 g/mol. The molecule has 1 aliphatic rings. The fraction of sp³-hybridized carbons (Fsp3) is 0.649. The molecule has 2 aromatic rings. The van der Waals surface area contributed by atoms with E-state index >= 15 is 0 Å². The summed E-state index contributed by atoms with van der Waals surface area (Å²) in [4.78, 5) is 57.5. The van der Waals surface area contributed by atoms with Crippen molar-refractivity contribution < 1.29 is 53.1 Å². The lowest BCUT2D eigenvalue weighted by Crippen LogP contribution is -2.58. The number of aryl methyl sites for hydroxylation is 1. The lowest BCUT2D eigenvalue weighted by atomic mass is 9.85. The number of thiazole rings is 1. The SMILES string of the molecule is Cc1ncsc1-c1ccc(C(C)NC(=O)C2CC(O)CN2C(=O)C(NC(=O)CCOCCOCCOCCOCCOCCC(=O)O)C(C)(C)C)cc1. The number of hydrogen-bond acceptors (Lipinski definition) is 12. The van der Waals surface area contributed by atoms with Gasteiger partial charge in [-0.15, -0.1) is 11.3 Å². The van der Waals surface area contributed by atoms with E-state index in [1.54, 1.807) is 11.3 Å². The molecule has 0 aliphatic carbocycles. The molecule has 0 saturated carbocycles. The van der Waals surface area contributed by atoms with E-state index in [4.69, 9.17) is 28.8 Å². The first kappa shape index (κ1) is 43.9. The van der Waals surface area contributed by atoms with Gasteiger partial charge < -0.3 is 49.4 Å².